The van der Waals surface area contributed by atoms with Crippen LogP contribution in [0, 0.1) is 23.0 Å². The first-order valence-electron chi connectivity index (χ1n) is 10.1. The van der Waals surface area contributed by atoms with Gasteiger partial charge in [-0.1, -0.05) is 24.3 Å². The molecule has 1 fully saturated rings. The number of hydrogen-bond acceptors (Lipinski definition) is 5. The number of carbonyl (C=O) groups excluding carboxylic acids is 1. The zero-order valence-electron chi connectivity index (χ0n) is 17.3. The average Bonchev–Trinajstić information content (AvgIpc) is 2.79. The summed E-state index contributed by atoms with van der Waals surface area (Å²) in [6, 6.07) is 14.1. The molecule has 1 aliphatic heterocycles. The summed E-state index contributed by atoms with van der Waals surface area (Å²) in [6.07, 6.45) is 0.806. The van der Waals surface area contributed by atoms with Crippen molar-refractivity contribution in [1.82, 2.24) is 4.90 Å². The number of hydrogen-bond donors (Lipinski definition) is 0. The largest absolute Gasteiger partial charge is 0.465 e. The molecule has 0 aromatic heterocycles. The second-order valence-electron chi connectivity index (χ2n) is 7.28. The lowest BCUT2D eigenvalue weighted by Gasteiger charge is -2.29. The van der Waals surface area contributed by atoms with Crippen LogP contribution in [0.1, 0.15) is 30.1 Å². The van der Waals surface area contributed by atoms with Crippen LogP contribution in [0.15, 0.2) is 59.7 Å². The Bertz CT molecular complexity index is 910. The molecule has 0 aliphatic carbocycles. The number of benzene rings is 2. The summed E-state index contributed by atoms with van der Waals surface area (Å²) in [7, 11) is 1.27. The molecule has 31 heavy (non-hydrogen) atoms. The Balaban J connectivity index is 1.61. The molecule has 0 N–H and O–H groups in total. The fourth-order valence-corrected chi connectivity index (χ4v) is 3.63. The van der Waals surface area contributed by atoms with Crippen LogP contribution in [0.4, 0.5) is 8.78 Å². The molecule has 0 atom stereocenters. The summed E-state index contributed by atoms with van der Waals surface area (Å²) in [6.45, 7) is 2.49. The van der Waals surface area contributed by atoms with Gasteiger partial charge in [-0.15, -0.1) is 0 Å². The minimum Gasteiger partial charge on any atom is -0.465 e. The molecule has 5 nitrogen and oxygen atoms in total. The normalized spacial score (nSPS) is 14.4. The molecule has 0 spiro atoms. The van der Waals surface area contributed by atoms with E-state index in [4.69, 9.17) is 4.74 Å². The number of carbonyl (C=O) groups is 1. The third-order valence-corrected chi connectivity index (χ3v) is 5.35. The first kappa shape index (κ1) is 22.6. The second-order valence-corrected chi connectivity index (χ2v) is 7.28. The van der Waals surface area contributed by atoms with Crippen molar-refractivity contribution in [2.45, 2.75) is 18.9 Å². The Morgan fingerprint density at radius 3 is 2.00 bits per heavy atom. The molecule has 162 valence electrons. The maximum absolute atomic E-state index is 13.3. The Labute approximate surface area is 180 Å². The van der Waals surface area contributed by atoms with Crippen LogP contribution in [0.25, 0.3) is 0 Å². The van der Waals surface area contributed by atoms with E-state index in [9.17, 15) is 18.8 Å². The van der Waals surface area contributed by atoms with E-state index in [1.807, 2.05) is 6.07 Å². The lowest BCUT2D eigenvalue weighted by atomic mass is 9.98. The zero-order valence-corrected chi connectivity index (χ0v) is 17.3. The number of methoxy groups -OCH3 is 1. The SMILES string of the molecule is COC(=O)C(C#N)=C1CCN(CCOC(c2ccc(F)cc2)c2ccc(F)cc2)CC1. The molecule has 2 aromatic carbocycles. The lowest BCUT2D eigenvalue weighted by Crippen LogP contribution is -2.34. The van der Waals surface area contributed by atoms with Crippen molar-refractivity contribution in [3.8, 4) is 6.07 Å². The summed E-state index contributed by atoms with van der Waals surface area (Å²) in [5, 5.41) is 9.21. The van der Waals surface area contributed by atoms with Crippen LogP contribution >= 0.6 is 0 Å². The van der Waals surface area contributed by atoms with Crippen molar-refractivity contribution in [3.63, 3.8) is 0 Å². The molecular formula is C24H24F2N2O3. The third kappa shape index (κ3) is 5.97. The van der Waals surface area contributed by atoms with Gasteiger partial charge in [-0.2, -0.15) is 5.26 Å². The smallest absolute Gasteiger partial charge is 0.348 e. The quantitative estimate of drug-likeness (QED) is 0.378. The Morgan fingerprint density at radius 1 is 1.03 bits per heavy atom. The van der Waals surface area contributed by atoms with E-state index in [-0.39, 0.29) is 17.2 Å². The summed E-state index contributed by atoms with van der Waals surface area (Å²) in [5.74, 6) is -1.25. The van der Waals surface area contributed by atoms with Gasteiger partial charge in [-0.3, -0.25) is 0 Å². The van der Waals surface area contributed by atoms with Crippen molar-refractivity contribution in [2.24, 2.45) is 0 Å². The summed E-state index contributed by atoms with van der Waals surface area (Å²) < 4.78 is 37.5. The summed E-state index contributed by atoms with van der Waals surface area (Å²) in [5.41, 5.74) is 2.50. The van der Waals surface area contributed by atoms with E-state index in [0.717, 1.165) is 16.7 Å². The maximum atomic E-state index is 13.3. The molecule has 0 unspecified atom stereocenters. The van der Waals surface area contributed by atoms with Gasteiger partial charge in [-0.05, 0) is 53.8 Å². The first-order chi connectivity index (χ1) is 15.0. The van der Waals surface area contributed by atoms with Crippen molar-refractivity contribution in [3.05, 3.63) is 82.4 Å². The Morgan fingerprint density at radius 2 is 1.55 bits per heavy atom. The molecule has 0 radical (unpaired) electrons. The van der Waals surface area contributed by atoms with Gasteiger partial charge in [0, 0.05) is 19.6 Å². The molecule has 1 aliphatic rings. The number of esters is 1. The van der Waals surface area contributed by atoms with Gasteiger partial charge in [0.05, 0.1) is 13.7 Å². The number of nitrogens with zero attached hydrogens (tertiary/aromatic N) is 2. The summed E-state index contributed by atoms with van der Waals surface area (Å²) in [4.78, 5) is 13.9. The molecule has 0 saturated carbocycles. The van der Waals surface area contributed by atoms with E-state index in [2.05, 4.69) is 9.64 Å². The van der Waals surface area contributed by atoms with Gasteiger partial charge in [0.2, 0.25) is 0 Å². The number of piperidine rings is 1. The van der Waals surface area contributed by atoms with E-state index in [1.54, 1.807) is 24.3 Å². The maximum Gasteiger partial charge on any atom is 0.348 e. The van der Waals surface area contributed by atoms with Gasteiger partial charge in [0.1, 0.15) is 29.4 Å². The fraction of sp³-hybridized carbons (Fsp3) is 0.333. The molecule has 7 heteroatoms. The predicted octanol–water partition coefficient (Wildman–Crippen LogP) is 4.16. The highest BCUT2D eigenvalue weighted by atomic mass is 19.1. The molecule has 2 aromatic rings. The van der Waals surface area contributed by atoms with E-state index < -0.39 is 12.1 Å². The van der Waals surface area contributed by atoms with E-state index >= 15 is 0 Å². The number of ether oxygens (including phenoxy) is 2. The average molecular weight is 426 g/mol. The minimum absolute atomic E-state index is 0.103. The van der Waals surface area contributed by atoms with Gasteiger partial charge < -0.3 is 14.4 Å². The van der Waals surface area contributed by atoms with Gasteiger partial charge in [0.25, 0.3) is 0 Å². The Hall–Kier alpha value is -3.08. The lowest BCUT2D eigenvalue weighted by molar-refractivity contribution is -0.135. The van der Waals surface area contributed by atoms with Crippen LogP contribution in [-0.2, 0) is 14.3 Å². The van der Waals surface area contributed by atoms with E-state index in [1.165, 1.54) is 31.4 Å². The predicted molar refractivity (Wildman–Crippen MR) is 111 cm³/mol. The highest BCUT2D eigenvalue weighted by molar-refractivity contribution is 5.93. The molecule has 1 saturated heterocycles. The second kappa shape index (κ2) is 10.8. The van der Waals surface area contributed by atoms with Crippen LogP contribution in [0.3, 0.4) is 0 Å². The first-order valence-corrected chi connectivity index (χ1v) is 10.1. The monoisotopic (exact) mass is 426 g/mol. The van der Waals surface area contributed by atoms with Crippen molar-refractivity contribution in [1.29, 1.82) is 5.26 Å². The fourth-order valence-electron chi connectivity index (χ4n) is 3.63. The molecule has 3 rings (SSSR count). The Kier molecular flexibility index (Phi) is 7.88. The number of nitriles is 1. The van der Waals surface area contributed by atoms with Crippen LogP contribution in [-0.4, -0.2) is 44.2 Å². The molecule has 1 heterocycles. The number of halogens is 2. The molecular weight excluding hydrogens is 402 g/mol. The van der Waals surface area contributed by atoms with Gasteiger partial charge in [0.15, 0.2) is 0 Å². The van der Waals surface area contributed by atoms with Gasteiger partial charge >= 0.3 is 5.97 Å². The zero-order chi connectivity index (χ0) is 22.2. The van der Waals surface area contributed by atoms with Crippen LogP contribution < -0.4 is 0 Å². The standard InChI is InChI=1S/C24H24F2N2O3/c1-30-24(29)22(16-27)17-10-12-28(13-11-17)14-15-31-23(18-2-6-20(25)7-3-18)19-4-8-21(26)9-5-19/h2-9,23H,10-15H2,1H3. The number of likely N-dealkylation sites (tertiary alicyclic amines) is 1. The highest BCUT2D eigenvalue weighted by Gasteiger charge is 2.22. The third-order valence-electron chi connectivity index (χ3n) is 5.35. The topological polar surface area (TPSA) is 62.6 Å². The highest BCUT2D eigenvalue weighted by Crippen LogP contribution is 2.27. The van der Waals surface area contributed by atoms with Crippen molar-refractivity contribution < 1.29 is 23.0 Å². The number of rotatable bonds is 7. The van der Waals surface area contributed by atoms with E-state index in [0.29, 0.717) is 39.1 Å². The van der Waals surface area contributed by atoms with Crippen molar-refractivity contribution in [2.75, 3.05) is 33.4 Å². The minimum atomic E-state index is -0.587. The summed E-state index contributed by atoms with van der Waals surface area (Å²) >= 11 is 0. The van der Waals surface area contributed by atoms with Crippen LogP contribution in [0.2, 0.25) is 0 Å². The van der Waals surface area contributed by atoms with Crippen molar-refractivity contribution >= 4 is 5.97 Å². The van der Waals surface area contributed by atoms with Crippen LogP contribution in [0.5, 0.6) is 0 Å². The van der Waals surface area contributed by atoms with Gasteiger partial charge in [-0.25, -0.2) is 13.6 Å². The molecule has 0 bridgehead atoms. The molecule has 0 amide bonds.